The third kappa shape index (κ3) is 1.68. The second-order valence-electron chi connectivity index (χ2n) is 5.96. The molecule has 0 spiro atoms. The van der Waals surface area contributed by atoms with Crippen molar-refractivity contribution in [3.05, 3.63) is 10.8 Å². The van der Waals surface area contributed by atoms with E-state index in [1.165, 1.54) is 11.3 Å². The minimum absolute atomic E-state index is 0.0169. The summed E-state index contributed by atoms with van der Waals surface area (Å²) in [6.07, 6.45) is 0. The number of hydrogen-bond donors (Lipinski definition) is 1. The molecule has 1 aliphatic carbocycles. The Morgan fingerprint density at radius 2 is 2.11 bits per heavy atom. The van der Waals surface area contributed by atoms with Gasteiger partial charge in [-0.3, -0.25) is 4.79 Å². The molecule has 2 unspecified atom stereocenters. The van der Waals surface area contributed by atoms with Crippen molar-refractivity contribution >= 4 is 22.3 Å². The molecule has 3 rings (SSSR count). The zero-order chi connectivity index (χ0) is 13.9. The molecule has 2 atom stereocenters. The van der Waals surface area contributed by atoms with Crippen LogP contribution in [0.4, 0.5) is 0 Å². The summed E-state index contributed by atoms with van der Waals surface area (Å²) >= 11 is 1.44. The lowest BCUT2D eigenvalue weighted by atomic mass is 10.1. The number of carboxylic acids is 1. The van der Waals surface area contributed by atoms with Crippen molar-refractivity contribution in [1.29, 1.82) is 0 Å². The summed E-state index contributed by atoms with van der Waals surface area (Å²) in [7, 11) is 0. The van der Waals surface area contributed by atoms with Crippen LogP contribution in [0.25, 0.3) is 4.96 Å². The highest BCUT2D eigenvalue weighted by atomic mass is 32.1. The molecule has 2 heterocycles. The van der Waals surface area contributed by atoms with Gasteiger partial charge in [0.05, 0.1) is 5.92 Å². The van der Waals surface area contributed by atoms with Gasteiger partial charge >= 0.3 is 5.97 Å². The largest absolute Gasteiger partial charge is 0.481 e. The molecule has 0 bridgehead atoms. The number of carbonyl (C=O) groups is 1. The topological polar surface area (TPSA) is 80.4 Å². The Morgan fingerprint density at radius 1 is 1.42 bits per heavy atom. The summed E-state index contributed by atoms with van der Waals surface area (Å²) in [5.41, 5.74) is -0.229. The smallest absolute Gasteiger partial charge is 0.307 e. The number of aromatic nitrogens is 4. The fourth-order valence-electron chi connectivity index (χ4n) is 2.69. The zero-order valence-corrected chi connectivity index (χ0v) is 12.1. The van der Waals surface area contributed by atoms with Gasteiger partial charge in [0.25, 0.3) is 0 Å². The highest BCUT2D eigenvalue weighted by Crippen LogP contribution is 2.64. The molecule has 0 aliphatic heterocycles. The van der Waals surface area contributed by atoms with E-state index >= 15 is 0 Å². The molecule has 0 saturated heterocycles. The Bertz CT molecular complexity index is 658. The molecule has 102 valence electrons. The standard InChI is InChI=1S/C12H16N4O2S/c1-5(2)8-13-14-11-16(8)15-9(19-11)6-7(10(17)18)12(6,3)4/h5-7H,1-4H3,(H,17,18). The van der Waals surface area contributed by atoms with Crippen LogP contribution in [0, 0.1) is 11.3 Å². The van der Waals surface area contributed by atoms with Gasteiger partial charge in [-0.2, -0.15) is 9.61 Å². The highest BCUT2D eigenvalue weighted by Gasteiger charge is 2.64. The van der Waals surface area contributed by atoms with Crippen molar-refractivity contribution in [3.63, 3.8) is 0 Å². The second-order valence-corrected chi connectivity index (χ2v) is 6.95. The predicted molar refractivity (Wildman–Crippen MR) is 70.4 cm³/mol. The van der Waals surface area contributed by atoms with Crippen LogP contribution in [-0.4, -0.2) is 30.9 Å². The predicted octanol–water partition coefficient (Wildman–Crippen LogP) is 2.13. The van der Waals surface area contributed by atoms with Gasteiger partial charge in [0, 0.05) is 11.8 Å². The zero-order valence-electron chi connectivity index (χ0n) is 11.3. The molecule has 1 fully saturated rings. The van der Waals surface area contributed by atoms with Crippen LogP contribution in [0.5, 0.6) is 0 Å². The van der Waals surface area contributed by atoms with E-state index in [9.17, 15) is 9.90 Å². The van der Waals surface area contributed by atoms with Crippen molar-refractivity contribution in [1.82, 2.24) is 19.8 Å². The third-order valence-electron chi connectivity index (χ3n) is 3.91. The van der Waals surface area contributed by atoms with Crippen LogP contribution in [0.15, 0.2) is 0 Å². The second kappa shape index (κ2) is 3.75. The number of carboxylic acid groups (broad SMARTS) is 1. The maximum absolute atomic E-state index is 11.2. The third-order valence-corrected chi connectivity index (χ3v) is 4.89. The molecule has 1 N–H and O–H groups in total. The fraction of sp³-hybridized carbons (Fsp3) is 0.667. The number of hydrogen-bond acceptors (Lipinski definition) is 5. The van der Waals surface area contributed by atoms with Gasteiger partial charge in [-0.1, -0.05) is 39.0 Å². The van der Waals surface area contributed by atoms with E-state index < -0.39 is 5.97 Å². The van der Waals surface area contributed by atoms with E-state index in [1.807, 2.05) is 27.7 Å². The van der Waals surface area contributed by atoms with Crippen LogP contribution in [-0.2, 0) is 4.79 Å². The molecule has 0 radical (unpaired) electrons. The Kier molecular flexibility index (Phi) is 2.47. The maximum Gasteiger partial charge on any atom is 0.307 e. The van der Waals surface area contributed by atoms with Crippen molar-refractivity contribution < 1.29 is 9.90 Å². The van der Waals surface area contributed by atoms with E-state index in [-0.39, 0.29) is 23.2 Å². The number of rotatable bonds is 3. The highest BCUT2D eigenvalue weighted by molar-refractivity contribution is 7.16. The first-order chi connectivity index (χ1) is 8.84. The summed E-state index contributed by atoms with van der Waals surface area (Å²) in [6.45, 7) is 8.03. The molecule has 1 aliphatic rings. The Labute approximate surface area is 114 Å². The molecule has 6 nitrogen and oxygen atoms in total. The average molecular weight is 280 g/mol. The van der Waals surface area contributed by atoms with E-state index in [2.05, 4.69) is 15.3 Å². The lowest BCUT2D eigenvalue weighted by molar-refractivity contribution is -0.139. The Morgan fingerprint density at radius 3 is 2.63 bits per heavy atom. The van der Waals surface area contributed by atoms with Crippen molar-refractivity contribution in [2.45, 2.75) is 39.5 Å². The van der Waals surface area contributed by atoms with E-state index in [0.717, 1.165) is 15.8 Å². The van der Waals surface area contributed by atoms with Crippen molar-refractivity contribution in [2.24, 2.45) is 11.3 Å². The quantitative estimate of drug-likeness (QED) is 0.931. The molecule has 2 aromatic heterocycles. The number of nitrogens with zero attached hydrogens (tertiary/aromatic N) is 4. The van der Waals surface area contributed by atoms with Crippen LogP contribution in [0.3, 0.4) is 0 Å². The van der Waals surface area contributed by atoms with Gasteiger partial charge in [-0.15, -0.1) is 10.2 Å². The van der Waals surface area contributed by atoms with Gasteiger partial charge in [0.2, 0.25) is 4.96 Å². The maximum atomic E-state index is 11.2. The average Bonchev–Trinajstić information content (AvgIpc) is 2.63. The summed E-state index contributed by atoms with van der Waals surface area (Å²) in [5.74, 6) is -0.0455. The van der Waals surface area contributed by atoms with Crippen LogP contribution >= 0.6 is 11.3 Å². The van der Waals surface area contributed by atoms with E-state index in [4.69, 9.17) is 0 Å². The van der Waals surface area contributed by atoms with Crippen molar-refractivity contribution in [3.8, 4) is 0 Å². The summed E-state index contributed by atoms with van der Waals surface area (Å²) in [4.78, 5) is 12.0. The van der Waals surface area contributed by atoms with Crippen LogP contribution < -0.4 is 0 Å². The molecular weight excluding hydrogens is 264 g/mol. The molecule has 19 heavy (non-hydrogen) atoms. The number of fused-ring (bicyclic) bond motifs is 1. The van der Waals surface area contributed by atoms with Gasteiger partial charge in [-0.05, 0) is 5.41 Å². The van der Waals surface area contributed by atoms with E-state index in [1.54, 1.807) is 4.52 Å². The first-order valence-electron chi connectivity index (χ1n) is 6.29. The molecule has 7 heteroatoms. The SMILES string of the molecule is CC(C)c1nnc2sc(C3C(C(=O)O)C3(C)C)nn12. The molecule has 2 aromatic rings. The van der Waals surface area contributed by atoms with Gasteiger partial charge in [-0.25, -0.2) is 0 Å². The Hall–Kier alpha value is -1.50. The molecular formula is C12H16N4O2S. The van der Waals surface area contributed by atoms with Gasteiger partial charge < -0.3 is 5.11 Å². The van der Waals surface area contributed by atoms with E-state index in [0.29, 0.717) is 0 Å². The van der Waals surface area contributed by atoms with Gasteiger partial charge in [0.15, 0.2) is 5.82 Å². The number of aliphatic carboxylic acids is 1. The lowest BCUT2D eigenvalue weighted by Crippen LogP contribution is -2.03. The fourth-order valence-corrected chi connectivity index (χ4v) is 3.87. The summed E-state index contributed by atoms with van der Waals surface area (Å²) in [5, 5.41) is 22.8. The Balaban J connectivity index is 2.02. The molecule has 0 amide bonds. The monoisotopic (exact) mass is 280 g/mol. The van der Waals surface area contributed by atoms with Crippen molar-refractivity contribution in [2.75, 3.05) is 0 Å². The minimum atomic E-state index is -0.745. The van der Waals surface area contributed by atoms with Crippen LogP contribution in [0.1, 0.15) is 50.4 Å². The lowest BCUT2D eigenvalue weighted by Gasteiger charge is -1.99. The normalized spacial score (nSPS) is 25.1. The summed E-state index contributed by atoms with van der Waals surface area (Å²) < 4.78 is 1.75. The first-order valence-corrected chi connectivity index (χ1v) is 7.10. The van der Waals surface area contributed by atoms with Crippen LogP contribution in [0.2, 0.25) is 0 Å². The minimum Gasteiger partial charge on any atom is -0.481 e. The summed E-state index contributed by atoms with van der Waals surface area (Å²) in [6, 6.07) is 0. The molecule has 0 aromatic carbocycles. The van der Waals surface area contributed by atoms with Gasteiger partial charge in [0.1, 0.15) is 5.01 Å². The first kappa shape index (κ1) is 12.5. The molecule has 1 saturated carbocycles.